The van der Waals surface area contributed by atoms with Crippen LogP contribution >= 0.6 is 0 Å². The summed E-state index contributed by atoms with van der Waals surface area (Å²) in [6.45, 7) is 8.80. The molecule has 0 saturated carbocycles. The molecule has 1 aliphatic rings. The SMILES string of the molecule is CCC(O)CC(O)CNC(C)(NCC(O)CC(O)CNC(C)(C)N)NCC(O)CC1CO1. The zero-order valence-electron chi connectivity index (χ0n) is 20.0. The topological polar surface area (TPSA) is 188 Å². The molecule has 0 amide bonds. The van der Waals surface area contributed by atoms with Crippen LogP contribution in [0.3, 0.4) is 0 Å². The van der Waals surface area contributed by atoms with Crippen LogP contribution < -0.4 is 27.0 Å². The Balaban J connectivity index is 2.53. The zero-order chi connectivity index (χ0) is 24.4. The van der Waals surface area contributed by atoms with Gasteiger partial charge in [-0.1, -0.05) is 6.92 Å². The Labute approximate surface area is 192 Å². The van der Waals surface area contributed by atoms with Gasteiger partial charge < -0.3 is 36.0 Å². The number of epoxide rings is 1. The van der Waals surface area contributed by atoms with Crippen molar-refractivity contribution < 1.29 is 30.3 Å². The van der Waals surface area contributed by atoms with Gasteiger partial charge in [0.25, 0.3) is 0 Å². The van der Waals surface area contributed by atoms with Crippen molar-refractivity contribution in [2.45, 2.75) is 101 Å². The molecule has 11 nitrogen and oxygen atoms in total. The molecule has 11 N–H and O–H groups in total. The molecule has 1 fully saturated rings. The second-order valence-electron chi connectivity index (χ2n) is 9.71. The monoisotopic (exact) mass is 465 g/mol. The zero-order valence-corrected chi connectivity index (χ0v) is 20.0. The van der Waals surface area contributed by atoms with E-state index in [-0.39, 0.29) is 45.1 Å². The molecule has 7 atom stereocenters. The van der Waals surface area contributed by atoms with Crippen LogP contribution in [-0.4, -0.2) is 106 Å². The van der Waals surface area contributed by atoms with E-state index in [1.165, 1.54) is 0 Å². The Kier molecular flexibility index (Phi) is 13.0. The highest BCUT2D eigenvalue weighted by atomic mass is 16.6. The Bertz CT molecular complexity index is 508. The molecular weight excluding hydrogens is 418 g/mol. The van der Waals surface area contributed by atoms with Crippen LogP contribution in [0.5, 0.6) is 0 Å². The van der Waals surface area contributed by atoms with Crippen LogP contribution in [0, 0.1) is 0 Å². The van der Waals surface area contributed by atoms with Gasteiger partial charge in [0.2, 0.25) is 0 Å². The first-order valence-electron chi connectivity index (χ1n) is 11.6. The van der Waals surface area contributed by atoms with Crippen molar-refractivity contribution in [2.75, 3.05) is 32.8 Å². The fourth-order valence-electron chi connectivity index (χ4n) is 3.17. The fraction of sp³-hybridized carbons (Fsp3) is 1.00. The summed E-state index contributed by atoms with van der Waals surface area (Å²) in [5.74, 6) is -0.910. The third-order valence-corrected chi connectivity index (χ3v) is 5.36. The van der Waals surface area contributed by atoms with E-state index < -0.39 is 42.0 Å². The molecular formula is C21H47N5O6. The van der Waals surface area contributed by atoms with Gasteiger partial charge in [0, 0.05) is 45.4 Å². The van der Waals surface area contributed by atoms with E-state index in [1.807, 2.05) is 6.92 Å². The van der Waals surface area contributed by atoms with E-state index in [9.17, 15) is 25.5 Å². The van der Waals surface area contributed by atoms with Gasteiger partial charge in [0.15, 0.2) is 0 Å². The Morgan fingerprint density at radius 2 is 1.19 bits per heavy atom. The standard InChI is InChI=1S/C21H47N5O6/c1-5-14(27)6-15(28)10-24-21(4,26-12-18(31)8-19-13-32-19)25-11-17(30)7-16(29)9-23-20(2,3)22/h14-19,23-31H,5-13,22H2,1-4H3. The summed E-state index contributed by atoms with van der Waals surface area (Å²) in [4.78, 5) is 0. The summed E-state index contributed by atoms with van der Waals surface area (Å²) in [5, 5.41) is 63.2. The van der Waals surface area contributed by atoms with Crippen molar-refractivity contribution in [3.8, 4) is 0 Å². The van der Waals surface area contributed by atoms with E-state index in [0.29, 0.717) is 19.4 Å². The molecule has 0 aromatic rings. The molecule has 1 saturated heterocycles. The number of aliphatic hydroxyl groups is 5. The minimum absolute atomic E-state index is 0.103. The normalized spacial score (nSPS) is 23.2. The van der Waals surface area contributed by atoms with E-state index in [4.69, 9.17) is 10.5 Å². The van der Waals surface area contributed by atoms with Crippen LogP contribution in [-0.2, 0) is 4.74 Å². The highest BCUT2D eigenvalue weighted by molar-refractivity contribution is 4.84. The van der Waals surface area contributed by atoms with E-state index >= 15 is 0 Å². The van der Waals surface area contributed by atoms with E-state index in [0.717, 1.165) is 0 Å². The number of nitrogens with one attached hydrogen (secondary N) is 4. The summed E-state index contributed by atoms with van der Waals surface area (Å²) >= 11 is 0. The molecule has 0 aromatic carbocycles. The minimum Gasteiger partial charge on any atom is -0.393 e. The van der Waals surface area contributed by atoms with Crippen LogP contribution in [0.15, 0.2) is 0 Å². The Hall–Kier alpha value is -0.440. The van der Waals surface area contributed by atoms with Crippen LogP contribution in [0.2, 0.25) is 0 Å². The predicted molar refractivity (Wildman–Crippen MR) is 123 cm³/mol. The second kappa shape index (κ2) is 14.1. The largest absolute Gasteiger partial charge is 0.393 e. The molecule has 1 rings (SSSR count). The lowest BCUT2D eigenvalue weighted by Crippen LogP contribution is -2.67. The minimum atomic E-state index is -0.910. The smallest absolute Gasteiger partial charge is 0.120 e. The number of hydrogen-bond donors (Lipinski definition) is 10. The highest BCUT2D eigenvalue weighted by Gasteiger charge is 2.29. The summed E-state index contributed by atoms with van der Waals surface area (Å²) in [7, 11) is 0. The molecule has 192 valence electrons. The number of aliphatic hydroxyl groups excluding tert-OH is 5. The van der Waals surface area contributed by atoms with Crippen LogP contribution in [0.4, 0.5) is 0 Å². The average Bonchev–Trinajstić information content (AvgIpc) is 3.51. The predicted octanol–water partition coefficient (Wildman–Crippen LogP) is -2.50. The first kappa shape index (κ1) is 29.6. The third-order valence-electron chi connectivity index (χ3n) is 5.36. The number of rotatable bonds is 19. The lowest BCUT2D eigenvalue weighted by molar-refractivity contribution is 0.0508. The van der Waals surface area contributed by atoms with Crippen LogP contribution in [0.1, 0.15) is 53.4 Å². The molecule has 0 spiro atoms. The van der Waals surface area contributed by atoms with Gasteiger partial charge in [0.1, 0.15) is 5.79 Å². The summed E-state index contributed by atoms with van der Waals surface area (Å²) in [6.07, 6.45) is -1.92. The van der Waals surface area contributed by atoms with Crippen molar-refractivity contribution in [1.82, 2.24) is 21.3 Å². The first-order chi connectivity index (χ1) is 14.8. The second-order valence-corrected chi connectivity index (χ2v) is 9.71. The average molecular weight is 466 g/mol. The summed E-state index contributed by atoms with van der Waals surface area (Å²) in [6, 6.07) is 0. The maximum absolute atomic E-state index is 10.4. The maximum atomic E-state index is 10.4. The molecule has 0 radical (unpaired) electrons. The lowest BCUT2D eigenvalue weighted by atomic mass is 10.1. The molecule has 0 aromatic heterocycles. The van der Waals surface area contributed by atoms with Crippen molar-refractivity contribution in [3.63, 3.8) is 0 Å². The van der Waals surface area contributed by atoms with Gasteiger partial charge in [-0.2, -0.15) is 0 Å². The van der Waals surface area contributed by atoms with Gasteiger partial charge in [-0.05, 0) is 27.2 Å². The van der Waals surface area contributed by atoms with Gasteiger partial charge in [-0.15, -0.1) is 0 Å². The van der Waals surface area contributed by atoms with Crippen molar-refractivity contribution in [1.29, 1.82) is 0 Å². The number of ether oxygens (including phenoxy) is 1. The fourth-order valence-corrected chi connectivity index (χ4v) is 3.17. The molecule has 1 heterocycles. The van der Waals surface area contributed by atoms with Crippen molar-refractivity contribution >= 4 is 0 Å². The Morgan fingerprint density at radius 1 is 0.781 bits per heavy atom. The van der Waals surface area contributed by atoms with Crippen molar-refractivity contribution in [2.24, 2.45) is 5.73 Å². The first-order valence-corrected chi connectivity index (χ1v) is 11.6. The number of nitrogens with two attached hydrogens (primary N) is 1. The highest BCUT2D eigenvalue weighted by Crippen LogP contribution is 2.15. The van der Waals surface area contributed by atoms with Crippen LogP contribution in [0.25, 0.3) is 0 Å². The van der Waals surface area contributed by atoms with E-state index in [2.05, 4.69) is 21.3 Å². The maximum Gasteiger partial charge on any atom is 0.120 e. The molecule has 1 aliphatic heterocycles. The summed E-state index contributed by atoms with van der Waals surface area (Å²) in [5.41, 5.74) is 5.22. The third kappa shape index (κ3) is 14.7. The van der Waals surface area contributed by atoms with Gasteiger partial charge in [-0.3, -0.25) is 21.3 Å². The molecule has 7 unspecified atom stereocenters. The quantitative estimate of drug-likeness (QED) is 0.0717. The molecule has 32 heavy (non-hydrogen) atoms. The Morgan fingerprint density at radius 3 is 1.59 bits per heavy atom. The number of hydrogen-bond acceptors (Lipinski definition) is 11. The molecule has 0 bridgehead atoms. The summed E-state index contributed by atoms with van der Waals surface area (Å²) < 4.78 is 5.15. The van der Waals surface area contributed by atoms with Crippen molar-refractivity contribution in [3.05, 3.63) is 0 Å². The van der Waals surface area contributed by atoms with E-state index in [1.54, 1.807) is 20.8 Å². The molecule has 11 heteroatoms. The van der Waals surface area contributed by atoms with Gasteiger partial charge in [-0.25, -0.2) is 0 Å². The van der Waals surface area contributed by atoms with Gasteiger partial charge in [0.05, 0.1) is 48.9 Å². The van der Waals surface area contributed by atoms with Gasteiger partial charge >= 0.3 is 0 Å². The molecule has 0 aliphatic carbocycles. The lowest BCUT2D eigenvalue weighted by Gasteiger charge is -2.36.